The summed E-state index contributed by atoms with van der Waals surface area (Å²) in [5.41, 5.74) is 4.19. The zero-order valence-electron chi connectivity index (χ0n) is 11.2. The Morgan fingerprint density at radius 1 is 1.17 bits per heavy atom. The average Bonchev–Trinajstić information content (AvgIpc) is 2.38. The van der Waals surface area contributed by atoms with Crippen molar-refractivity contribution in [1.29, 1.82) is 0 Å². The summed E-state index contributed by atoms with van der Waals surface area (Å²) >= 11 is 0. The molecule has 1 saturated carbocycles. The number of hydrogen-bond acceptors (Lipinski definition) is 2. The molecule has 1 aromatic carbocycles. The predicted octanol–water partition coefficient (Wildman–Crippen LogP) is 3.05. The fraction of sp³-hybridized carbons (Fsp3) is 0.625. The van der Waals surface area contributed by atoms with E-state index in [1.165, 1.54) is 42.5 Å². The van der Waals surface area contributed by atoms with Crippen LogP contribution in [0.4, 0.5) is 5.69 Å². The van der Waals surface area contributed by atoms with Gasteiger partial charge in [0.2, 0.25) is 0 Å². The van der Waals surface area contributed by atoms with Gasteiger partial charge in [-0.25, -0.2) is 0 Å². The van der Waals surface area contributed by atoms with Crippen molar-refractivity contribution in [3.8, 4) is 0 Å². The van der Waals surface area contributed by atoms with Crippen LogP contribution in [0.15, 0.2) is 18.2 Å². The zero-order chi connectivity index (χ0) is 12.5. The molecule has 0 amide bonds. The Labute approximate surface area is 110 Å². The van der Waals surface area contributed by atoms with Gasteiger partial charge in [0.1, 0.15) is 0 Å². The van der Waals surface area contributed by atoms with Gasteiger partial charge in [0.25, 0.3) is 0 Å². The van der Waals surface area contributed by atoms with Crippen molar-refractivity contribution >= 4 is 5.69 Å². The molecule has 1 heterocycles. The van der Waals surface area contributed by atoms with E-state index in [0.29, 0.717) is 6.04 Å². The second kappa shape index (κ2) is 4.93. The number of aryl methyl sites for hydroxylation is 2. The molecule has 1 aliphatic heterocycles. The first-order chi connectivity index (χ1) is 8.75. The lowest BCUT2D eigenvalue weighted by Gasteiger charge is -2.42. The van der Waals surface area contributed by atoms with Gasteiger partial charge in [-0.05, 0) is 44.2 Å². The van der Waals surface area contributed by atoms with Crippen molar-refractivity contribution in [1.82, 2.24) is 0 Å². The summed E-state index contributed by atoms with van der Waals surface area (Å²) in [7, 11) is 0. The Bertz CT molecular complexity index is 429. The molecule has 0 saturated heterocycles. The molecule has 0 spiro atoms. The predicted molar refractivity (Wildman–Crippen MR) is 75.1 cm³/mol. The van der Waals surface area contributed by atoms with E-state index in [9.17, 15) is 5.11 Å². The molecule has 2 unspecified atom stereocenters. The minimum Gasteiger partial charge on any atom is -0.391 e. The first-order valence-electron chi connectivity index (χ1n) is 7.30. The molecule has 18 heavy (non-hydrogen) atoms. The van der Waals surface area contributed by atoms with Crippen molar-refractivity contribution in [3.63, 3.8) is 0 Å². The van der Waals surface area contributed by atoms with E-state index in [1.54, 1.807) is 0 Å². The van der Waals surface area contributed by atoms with Crippen molar-refractivity contribution in [2.45, 2.75) is 57.6 Å². The maximum atomic E-state index is 10.3. The summed E-state index contributed by atoms with van der Waals surface area (Å²) in [5.74, 6) is 0. The standard InChI is InChI=1S/C16H23NO/c1-12-8-9-14-13(11-12)5-4-10-17(14)15-6-2-3-7-16(15)18/h8-9,11,15-16,18H,2-7,10H2,1H3. The van der Waals surface area contributed by atoms with Gasteiger partial charge in [-0.15, -0.1) is 0 Å². The lowest BCUT2D eigenvalue weighted by atomic mass is 9.88. The minimum atomic E-state index is -0.133. The number of rotatable bonds is 1. The number of fused-ring (bicyclic) bond motifs is 1. The Kier molecular flexibility index (Phi) is 3.29. The van der Waals surface area contributed by atoms with E-state index >= 15 is 0 Å². The molecule has 1 fully saturated rings. The van der Waals surface area contributed by atoms with Gasteiger partial charge in [0, 0.05) is 12.2 Å². The molecule has 2 atom stereocenters. The summed E-state index contributed by atoms with van der Waals surface area (Å²) in [6.45, 7) is 3.27. The Balaban J connectivity index is 1.90. The Morgan fingerprint density at radius 2 is 2.00 bits per heavy atom. The third kappa shape index (κ3) is 2.14. The highest BCUT2D eigenvalue weighted by atomic mass is 16.3. The molecule has 1 aromatic rings. The van der Waals surface area contributed by atoms with Crippen LogP contribution in [0, 0.1) is 6.92 Å². The lowest BCUT2D eigenvalue weighted by molar-refractivity contribution is 0.103. The molecule has 2 heteroatoms. The summed E-state index contributed by atoms with van der Waals surface area (Å²) in [6.07, 6.45) is 6.85. The van der Waals surface area contributed by atoms with Gasteiger partial charge < -0.3 is 10.0 Å². The maximum absolute atomic E-state index is 10.3. The molecule has 0 aromatic heterocycles. The van der Waals surface area contributed by atoms with E-state index in [2.05, 4.69) is 30.0 Å². The largest absolute Gasteiger partial charge is 0.391 e. The molecular formula is C16H23NO. The van der Waals surface area contributed by atoms with Gasteiger partial charge in [-0.2, -0.15) is 0 Å². The van der Waals surface area contributed by atoms with E-state index in [4.69, 9.17) is 0 Å². The molecular weight excluding hydrogens is 222 g/mol. The van der Waals surface area contributed by atoms with Crippen molar-refractivity contribution < 1.29 is 5.11 Å². The number of nitrogens with zero attached hydrogens (tertiary/aromatic N) is 1. The molecule has 0 bridgehead atoms. The van der Waals surface area contributed by atoms with Crippen molar-refractivity contribution in [3.05, 3.63) is 29.3 Å². The van der Waals surface area contributed by atoms with Crippen molar-refractivity contribution in [2.24, 2.45) is 0 Å². The van der Waals surface area contributed by atoms with Crippen LogP contribution in [0.1, 0.15) is 43.2 Å². The Morgan fingerprint density at radius 3 is 2.83 bits per heavy atom. The van der Waals surface area contributed by atoms with Gasteiger partial charge in [0.05, 0.1) is 12.1 Å². The molecule has 1 N–H and O–H groups in total. The zero-order valence-corrected chi connectivity index (χ0v) is 11.2. The number of aliphatic hydroxyl groups excluding tert-OH is 1. The average molecular weight is 245 g/mol. The highest BCUT2D eigenvalue weighted by molar-refractivity contribution is 5.57. The first kappa shape index (κ1) is 12.0. The second-order valence-corrected chi connectivity index (χ2v) is 5.85. The normalized spacial score (nSPS) is 28.0. The van der Waals surface area contributed by atoms with Crippen LogP contribution in [0.3, 0.4) is 0 Å². The van der Waals surface area contributed by atoms with Crippen LogP contribution in [0.2, 0.25) is 0 Å². The fourth-order valence-electron chi connectivity index (χ4n) is 3.55. The summed E-state index contributed by atoms with van der Waals surface area (Å²) in [5, 5.41) is 10.3. The van der Waals surface area contributed by atoms with E-state index in [0.717, 1.165) is 19.4 Å². The highest BCUT2D eigenvalue weighted by Gasteiger charge is 2.31. The molecule has 1 aliphatic carbocycles. The monoisotopic (exact) mass is 245 g/mol. The van der Waals surface area contributed by atoms with Crippen LogP contribution in [-0.2, 0) is 6.42 Å². The molecule has 98 valence electrons. The van der Waals surface area contributed by atoms with Gasteiger partial charge in [-0.1, -0.05) is 30.5 Å². The third-order valence-corrected chi connectivity index (χ3v) is 4.48. The van der Waals surface area contributed by atoms with Crippen molar-refractivity contribution in [2.75, 3.05) is 11.4 Å². The number of benzene rings is 1. The number of anilines is 1. The van der Waals surface area contributed by atoms with Crippen LogP contribution in [0.5, 0.6) is 0 Å². The summed E-state index contributed by atoms with van der Waals surface area (Å²) in [4.78, 5) is 2.47. The van der Waals surface area contributed by atoms with Gasteiger partial charge >= 0.3 is 0 Å². The SMILES string of the molecule is Cc1ccc2c(c1)CCCN2C1CCCCC1O. The van der Waals surface area contributed by atoms with Crippen LogP contribution in [-0.4, -0.2) is 23.8 Å². The number of hydrogen-bond donors (Lipinski definition) is 1. The second-order valence-electron chi connectivity index (χ2n) is 5.85. The van der Waals surface area contributed by atoms with E-state index in [-0.39, 0.29) is 6.10 Å². The Hall–Kier alpha value is -1.02. The summed E-state index contributed by atoms with van der Waals surface area (Å²) < 4.78 is 0. The maximum Gasteiger partial charge on any atom is 0.0743 e. The molecule has 3 rings (SSSR count). The van der Waals surface area contributed by atoms with Gasteiger partial charge in [0.15, 0.2) is 0 Å². The van der Waals surface area contributed by atoms with Crippen LogP contribution < -0.4 is 4.90 Å². The molecule has 2 aliphatic rings. The van der Waals surface area contributed by atoms with Crippen LogP contribution in [0.25, 0.3) is 0 Å². The molecule has 0 radical (unpaired) electrons. The lowest BCUT2D eigenvalue weighted by Crippen LogP contribution is -2.47. The highest BCUT2D eigenvalue weighted by Crippen LogP contribution is 2.34. The smallest absolute Gasteiger partial charge is 0.0743 e. The minimum absolute atomic E-state index is 0.133. The number of aliphatic hydroxyl groups is 1. The third-order valence-electron chi connectivity index (χ3n) is 4.48. The fourth-order valence-corrected chi connectivity index (χ4v) is 3.55. The van der Waals surface area contributed by atoms with E-state index < -0.39 is 0 Å². The molecule has 2 nitrogen and oxygen atoms in total. The topological polar surface area (TPSA) is 23.5 Å². The first-order valence-corrected chi connectivity index (χ1v) is 7.30. The van der Waals surface area contributed by atoms with Crippen LogP contribution >= 0.6 is 0 Å². The quantitative estimate of drug-likeness (QED) is 0.822. The summed E-state index contributed by atoms with van der Waals surface area (Å²) in [6, 6.07) is 7.12. The van der Waals surface area contributed by atoms with E-state index in [1.807, 2.05) is 0 Å². The van der Waals surface area contributed by atoms with Gasteiger partial charge in [-0.3, -0.25) is 0 Å².